The van der Waals surface area contributed by atoms with Crippen molar-refractivity contribution in [3.8, 4) is 0 Å². The molecular formula is C17H24ClFN2O. The van der Waals surface area contributed by atoms with E-state index in [-0.39, 0.29) is 29.5 Å². The van der Waals surface area contributed by atoms with Crippen LogP contribution in [-0.4, -0.2) is 25.5 Å². The fraction of sp³-hybridized carbons (Fsp3) is 0.588. The lowest BCUT2D eigenvalue weighted by Crippen LogP contribution is -2.48. The summed E-state index contributed by atoms with van der Waals surface area (Å²) in [5, 5.41) is 6.43. The summed E-state index contributed by atoms with van der Waals surface area (Å²) < 4.78 is 13.6. The zero-order valence-electron chi connectivity index (χ0n) is 12.7. The van der Waals surface area contributed by atoms with Crippen molar-refractivity contribution in [1.82, 2.24) is 10.6 Å². The molecule has 1 aromatic carbocycles. The summed E-state index contributed by atoms with van der Waals surface area (Å²) >= 11 is 0. The Balaban J connectivity index is 0.00000176. The predicted molar refractivity (Wildman–Crippen MR) is 87.6 cm³/mol. The smallest absolute Gasteiger partial charge is 0.227 e. The third-order valence-corrected chi connectivity index (χ3v) is 5.13. The van der Waals surface area contributed by atoms with E-state index < -0.39 is 0 Å². The largest absolute Gasteiger partial charge is 0.355 e. The number of nitrogens with one attached hydrogen (secondary N) is 2. The number of carbonyl (C=O) groups excluding carboxylic acids is 1. The van der Waals surface area contributed by atoms with Crippen molar-refractivity contribution >= 4 is 18.3 Å². The van der Waals surface area contributed by atoms with Crippen molar-refractivity contribution in [2.45, 2.75) is 32.1 Å². The third-order valence-electron chi connectivity index (χ3n) is 5.13. The number of halogens is 2. The maximum atomic E-state index is 13.6. The summed E-state index contributed by atoms with van der Waals surface area (Å²) in [5.74, 6) is 0.441. The van der Waals surface area contributed by atoms with Gasteiger partial charge in [0, 0.05) is 13.1 Å². The molecule has 1 saturated heterocycles. The molecule has 3 nitrogen and oxygen atoms in total. The fourth-order valence-electron chi connectivity index (χ4n) is 3.88. The lowest BCUT2D eigenvalue weighted by atomic mass is 9.67. The molecule has 0 radical (unpaired) electrons. The van der Waals surface area contributed by atoms with Gasteiger partial charge in [-0.05, 0) is 43.4 Å². The highest BCUT2D eigenvalue weighted by Gasteiger charge is 2.49. The van der Waals surface area contributed by atoms with Crippen LogP contribution in [0.25, 0.3) is 0 Å². The van der Waals surface area contributed by atoms with Crippen molar-refractivity contribution < 1.29 is 9.18 Å². The first-order valence-electron chi connectivity index (χ1n) is 7.95. The maximum Gasteiger partial charge on any atom is 0.227 e. The molecule has 0 aromatic heterocycles. The molecule has 5 heteroatoms. The minimum atomic E-state index is -0.215. The van der Waals surface area contributed by atoms with E-state index in [1.807, 2.05) is 6.07 Å². The molecule has 122 valence electrons. The van der Waals surface area contributed by atoms with Crippen molar-refractivity contribution in [3.63, 3.8) is 0 Å². The molecule has 1 saturated carbocycles. The Morgan fingerprint density at radius 1 is 1.36 bits per heavy atom. The highest BCUT2D eigenvalue weighted by Crippen LogP contribution is 2.43. The van der Waals surface area contributed by atoms with Crippen LogP contribution in [0.15, 0.2) is 24.3 Å². The Kier molecular flexibility index (Phi) is 5.81. The Bertz CT molecular complexity index is 525. The first kappa shape index (κ1) is 17.2. The molecule has 0 unspecified atom stereocenters. The first-order valence-corrected chi connectivity index (χ1v) is 7.95. The van der Waals surface area contributed by atoms with Gasteiger partial charge in [-0.1, -0.05) is 31.0 Å². The Morgan fingerprint density at radius 3 is 3.00 bits per heavy atom. The fourth-order valence-corrected chi connectivity index (χ4v) is 3.88. The molecule has 2 atom stereocenters. The number of hydrogen-bond acceptors (Lipinski definition) is 2. The van der Waals surface area contributed by atoms with Crippen LogP contribution in [0.5, 0.6) is 0 Å². The van der Waals surface area contributed by atoms with Gasteiger partial charge >= 0.3 is 0 Å². The monoisotopic (exact) mass is 326 g/mol. The molecule has 2 fully saturated rings. The molecule has 0 bridgehead atoms. The van der Waals surface area contributed by atoms with Gasteiger partial charge in [0.25, 0.3) is 0 Å². The molecule has 1 aliphatic heterocycles. The summed E-state index contributed by atoms with van der Waals surface area (Å²) in [6.07, 6.45) is 5.05. The van der Waals surface area contributed by atoms with Crippen molar-refractivity contribution in [2.24, 2.45) is 11.3 Å². The normalized spacial score (nSPS) is 26.9. The standard InChI is InChI=1S/C17H23FN2O.ClH/c18-15-7-2-1-5-13(15)8-10-20-16(21)17-9-4-3-6-14(17)11-19-12-17;/h1-2,5,7,14,19H,3-4,6,8-12H2,(H,20,21);1H/t14-,17+;/m0./s1. The van der Waals surface area contributed by atoms with Gasteiger partial charge in [-0.15, -0.1) is 12.4 Å². The van der Waals surface area contributed by atoms with Crippen LogP contribution in [0.4, 0.5) is 4.39 Å². The molecule has 2 N–H and O–H groups in total. The number of carbonyl (C=O) groups is 1. The van der Waals surface area contributed by atoms with Crippen molar-refractivity contribution in [3.05, 3.63) is 35.6 Å². The summed E-state index contributed by atoms with van der Waals surface area (Å²) in [7, 11) is 0. The van der Waals surface area contributed by atoms with E-state index in [9.17, 15) is 9.18 Å². The SMILES string of the molecule is Cl.O=C(NCCc1ccccc1F)[C@@]12CCCC[C@H]1CNC2. The van der Waals surface area contributed by atoms with E-state index in [1.165, 1.54) is 12.5 Å². The zero-order chi connectivity index (χ0) is 14.7. The maximum absolute atomic E-state index is 13.6. The van der Waals surface area contributed by atoms with Gasteiger partial charge in [-0.3, -0.25) is 4.79 Å². The van der Waals surface area contributed by atoms with Crippen LogP contribution in [0.1, 0.15) is 31.2 Å². The van der Waals surface area contributed by atoms with Gasteiger partial charge in [-0.2, -0.15) is 0 Å². The Labute approximate surface area is 137 Å². The molecule has 2 aliphatic rings. The molecule has 22 heavy (non-hydrogen) atoms. The van der Waals surface area contributed by atoms with Crippen LogP contribution in [0, 0.1) is 17.2 Å². The van der Waals surface area contributed by atoms with E-state index in [0.717, 1.165) is 32.4 Å². The van der Waals surface area contributed by atoms with Crippen LogP contribution < -0.4 is 10.6 Å². The van der Waals surface area contributed by atoms with Crippen LogP contribution in [0.2, 0.25) is 0 Å². The van der Waals surface area contributed by atoms with Crippen molar-refractivity contribution in [1.29, 1.82) is 0 Å². The van der Waals surface area contributed by atoms with Crippen LogP contribution in [-0.2, 0) is 11.2 Å². The van der Waals surface area contributed by atoms with Crippen LogP contribution in [0.3, 0.4) is 0 Å². The average molecular weight is 327 g/mol. The second-order valence-corrected chi connectivity index (χ2v) is 6.33. The van der Waals surface area contributed by atoms with Crippen molar-refractivity contribution in [2.75, 3.05) is 19.6 Å². The quantitative estimate of drug-likeness (QED) is 0.893. The summed E-state index contributed by atoms with van der Waals surface area (Å²) in [6, 6.07) is 6.76. The average Bonchev–Trinajstić information content (AvgIpc) is 2.94. The number of hydrogen-bond donors (Lipinski definition) is 2. The lowest BCUT2D eigenvalue weighted by Gasteiger charge is -2.37. The van der Waals surface area contributed by atoms with Gasteiger partial charge in [0.2, 0.25) is 5.91 Å². The minimum Gasteiger partial charge on any atom is -0.355 e. The molecule has 1 aliphatic carbocycles. The number of benzene rings is 1. The molecule has 3 rings (SSSR count). The summed E-state index contributed by atoms with van der Waals surface area (Å²) in [4.78, 5) is 12.6. The Hall–Kier alpha value is -1.13. The molecule has 1 aromatic rings. The van der Waals surface area contributed by atoms with E-state index in [0.29, 0.717) is 24.4 Å². The summed E-state index contributed by atoms with van der Waals surface area (Å²) in [5.41, 5.74) is 0.452. The molecule has 1 amide bonds. The van der Waals surface area contributed by atoms with Gasteiger partial charge < -0.3 is 10.6 Å². The number of fused-ring (bicyclic) bond motifs is 1. The van der Waals surface area contributed by atoms with E-state index in [1.54, 1.807) is 12.1 Å². The minimum absolute atomic E-state index is 0. The van der Waals surface area contributed by atoms with Crippen LogP contribution >= 0.6 is 12.4 Å². The van der Waals surface area contributed by atoms with Gasteiger partial charge in [0.05, 0.1) is 5.41 Å². The highest BCUT2D eigenvalue weighted by atomic mass is 35.5. The molecule has 1 heterocycles. The van der Waals surface area contributed by atoms with Gasteiger partial charge in [0.15, 0.2) is 0 Å². The predicted octanol–water partition coefficient (Wildman–Crippen LogP) is 2.69. The third kappa shape index (κ3) is 3.28. The zero-order valence-corrected chi connectivity index (χ0v) is 13.6. The lowest BCUT2D eigenvalue weighted by molar-refractivity contribution is -0.133. The molecular weight excluding hydrogens is 303 g/mol. The highest BCUT2D eigenvalue weighted by molar-refractivity contribution is 5.85. The first-order chi connectivity index (χ1) is 10.2. The second kappa shape index (κ2) is 7.42. The summed E-state index contributed by atoms with van der Waals surface area (Å²) in [6.45, 7) is 2.26. The Morgan fingerprint density at radius 2 is 2.18 bits per heavy atom. The van der Waals surface area contributed by atoms with Gasteiger partial charge in [0.1, 0.15) is 5.82 Å². The van der Waals surface area contributed by atoms with Gasteiger partial charge in [-0.25, -0.2) is 4.39 Å². The number of rotatable bonds is 4. The van der Waals surface area contributed by atoms with E-state index in [2.05, 4.69) is 10.6 Å². The number of amides is 1. The topological polar surface area (TPSA) is 41.1 Å². The second-order valence-electron chi connectivity index (χ2n) is 6.33. The molecule has 0 spiro atoms. The van der Waals surface area contributed by atoms with E-state index in [4.69, 9.17) is 0 Å². The van der Waals surface area contributed by atoms with E-state index >= 15 is 0 Å².